The van der Waals surface area contributed by atoms with Gasteiger partial charge in [-0.15, -0.1) is 0 Å². The van der Waals surface area contributed by atoms with Gasteiger partial charge in [-0.1, -0.05) is 24.3 Å². The Morgan fingerprint density at radius 3 is 2.78 bits per heavy atom. The number of ether oxygens (including phenoxy) is 1. The molecule has 4 nitrogen and oxygen atoms in total. The quantitative estimate of drug-likeness (QED) is 0.848. The Bertz CT molecular complexity index is 639. The highest BCUT2D eigenvalue weighted by molar-refractivity contribution is 5.54. The largest absolute Gasteiger partial charge is 0.472 e. The summed E-state index contributed by atoms with van der Waals surface area (Å²) in [6, 6.07) is 12.7. The molecule has 0 bridgehead atoms. The predicted octanol–water partition coefficient (Wildman–Crippen LogP) is 3.11. The Morgan fingerprint density at radius 1 is 1.22 bits per heavy atom. The van der Waals surface area contributed by atoms with E-state index < -0.39 is 0 Å². The molecule has 0 amide bonds. The van der Waals surface area contributed by atoms with Crippen LogP contribution in [0.25, 0.3) is 0 Å². The van der Waals surface area contributed by atoms with Crippen LogP contribution in [0.2, 0.25) is 0 Å². The van der Waals surface area contributed by atoms with Crippen molar-refractivity contribution in [3.8, 4) is 5.88 Å². The minimum atomic E-state index is 0.206. The molecule has 1 saturated heterocycles. The maximum Gasteiger partial charge on any atom is 0.213 e. The lowest BCUT2D eigenvalue weighted by atomic mass is 10.1. The van der Waals surface area contributed by atoms with Crippen molar-refractivity contribution < 1.29 is 4.74 Å². The molecule has 23 heavy (non-hydrogen) atoms. The normalized spacial score (nSPS) is 17.7. The number of aromatic nitrogens is 1. The Labute approximate surface area is 138 Å². The van der Waals surface area contributed by atoms with Crippen LogP contribution in [0.15, 0.2) is 42.6 Å². The molecule has 1 aliphatic rings. The molecular formula is C19H25N3O. The summed E-state index contributed by atoms with van der Waals surface area (Å²) in [6.07, 6.45) is 3.10. The first-order valence-electron chi connectivity index (χ1n) is 8.19. The van der Waals surface area contributed by atoms with E-state index in [1.807, 2.05) is 25.3 Å². The minimum Gasteiger partial charge on any atom is -0.472 e. The van der Waals surface area contributed by atoms with Crippen LogP contribution < -0.4 is 9.64 Å². The van der Waals surface area contributed by atoms with Crippen molar-refractivity contribution in [3.05, 3.63) is 53.7 Å². The maximum absolute atomic E-state index is 6.04. The molecule has 2 heterocycles. The van der Waals surface area contributed by atoms with Gasteiger partial charge in [0.1, 0.15) is 6.10 Å². The molecule has 0 spiro atoms. The summed E-state index contributed by atoms with van der Waals surface area (Å²) < 4.78 is 6.04. The molecule has 0 N–H and O–H groups in total. The maximum atomic E-state index is 6.04. The molecule has 4 heteroatoms. The minimum absolute atomic E-state index is 0.206. The van der Waals surface area contributed by atoms with Gasteiger partial charge in [0, 0.05) is 37.5 Å². The van der Waals surface area contributed by atoms with E-state index in [2.05, 4.69) is 53.1 Å². The summed E-state index contributed by atoms with van der Waals surface area (Å²) >= 11 is 0. The number of para-hydroxylation sites is 1. The fourth-order valence-electron chi connectivity index (χ4n) is 3.03. The number of pyridine rings is 1. The van der Waals surface area contributed by atoms with Crippen molar-refractivity contribution in [2.24, 2.45) is 0 Å². The van der Waals surface area contributed by atoms with E-state index in [1.54, 1.807) is 0 Å². The van der Waals surface area contributed by atoms with E-state index >= 15 is 0 Å². The highest BCUT2D eigenvalue weighted by Gasteiger charge is 2.25. The summed E-state index contributed by atoms with van der Waals surface area (Å²) in [6.45, 7) is 4.94. The second-order valence-corrected chi connectivity index (χ2v) is 6.51. The van der Waals surface area contributed by atoms with Crippen LogP contribution in [0.1, 0.15) is 17.5 Å². The lowest BCUT2D eigenvalue weighted by Gasteiger charge is -2.23. The van der Waals surface area contributed by atoms with E-state index in [-0.39, 0.29) is 6.10 Å². The van der Waals surface area contributed by atoms with Crippen LogP contribution in [0.4, 0.5) is 5.69 Å². The van der Waals surface area contributed by atoms with Gasteiger partial charge >= 0.3 is 0 Å². The number of hydrogen-bond acceptors (Lipinski definition) is 4. The lowest BCUT2D eigenvalue weighted by molar-refractivity contribution is 0.216. The third kappa shape index (κ3) is 4.02. The molecule has 0 radical (unpaired) electrons. The number of hydrogen-bond donors (Lipinski definition) is 0. The zero-order valence-corrected chi connectivity index (χ0v) is 14.2. The van der Waals surface area contributed by atoms with Crippen LogP contribution >= 0.6 is 0 Å². The van der Waals surface area contributed by atoms with Gasteiger partial charge in [0.25, 0.3) is 0 Å². The summed E-state index contributed by atoms with van der Waals surface area (Å²) in [4.78, 5) is 8.98. The predicted molar refractivity (Wildman–Crippen MR) is 94.1 cm³/mol. The zero-order chi connectivity index (χ0) is 16.2. The van der Waals surface area contributed by atoms with Crippen molar-refractivity contribution >= 4 is 5.69 Å². The molecule has 1 aliphatic heterocycles. The molecular weight excluding hydrogens is 286 g/mol. The first kappa shape index (κ1) is 15.8. The third-order valence-corrected chi connectivity index (χ3v) is 4.14. The Kier molecular flexibility index (Phi) is 4.82. The highest BCUT2D eigenvalue weighted by atomic mass is 16.5. The van der Waals surface area contributed by atoms with Crippen molar-refractivity contribution in [1.29, 1.82) is 0 Å². The molecule has 1 aromatic carbocycles. The van der Waals surface area contributed by atoms with Gasteiger partial charge in [0.05, 0.1) is 6.54 Å². The van der Waals surface area contributed by atoms with Crippen molar-refractivity contribution in [3.63, 3.8) is 0 Å². The number of benzene rings is 1. The van der Waals surface area contributed by atoms with E-state index in [1.165, 1.54) is 11.3 Å². The second kappa shape index (κ2) is 7.01. The Morgan fingerprint density at radius 2 is 2.04 bits per heavy atom. The molecule has 0 saturated carbocycles. The van der Waals surface area contributed by atoms with Crippen LogP contribution in [0.3, 0.4) is 0 Å². The van der Waals surface area contributed by atoms with Crippen molar-refractivity contribution in [1.82, 2.24) is 9.88 Å². The van der Waals surface area contributed by atoms with Gasteiger partial charge in [-0.2, -0.15) is 0 Å². The zero-order valence-electron chi connectivity index (χ0n) is 14.2. The average molecular weight is 311 g/mol. The number of anilines is 1. The third-order valence-electron chi connectivity index (χ3n) is 4.14. The first-order valence-corrected chi connectivity index (χ1v) is 8.19. The monoisotopic (exact) mass is 311 g/mol. The smallest absolute Gasteiger partial charge is 0.213 e. The SMILES string of the molecule is Cc1ccc(O[C@H]2CCN(c3ccccc3CN(C)C)C2)nc1. The standard InChI is InChI=1S/C19H25N3O/c1-15-8-9-19(20-12-15)23-17-10-11-22(14-17)18-7-5-4-6-16(18)13-21(2)3/h4-9,12,17H,10-11,13-14H2,1-3H3/t17-/m0/s1. The molecule has 1 fully saturated rings. The molecule has 122 valence electrons. The topological polar surface area (TPSA) is 28.6 Å². The highest BCUT2D eigenvalue weighted by Crippen LogP contribution is 2.27. The number of rotatable bonds is 5. The van der Waals surface area contributed by atoms with Crippen molar-refractivity contribution in [2.45, 2.75) is 26.0 Å². The van der Waals surface area contributed by atoms with Crippen molar-refractivity contribution in [2.75, 3.05) is 32.1 Å². The van der Waals surface area contributed by atoms with Gasteiger partial charge < -0.3 is 14.5 Å². The van der Waals surface area contributed by atoms with Crippen LogP contribution in [0, 0.1) is 6.92 Å². The fraction of sp³-hybridized carbons (Fsp3) is 0.421. The van der Waals surface area contributed by atoms with Crippen LogP contribution in [-0.4, -0.2) is 43.2 Å². The van der Waals surface area contributed by atoms with Crippen LogP contribution in [0.5, 0.6) is 5.88 Å². The molecule has 1 aromatic heterocycles. The first-order chi connectivity index (χ1) is 11.1. The second-order valence-electron chi connectivity index (χ2n) is 6.51. The van der Waals surface area contributed by atoms with Gasteiger partial charge in [-0.25, -0.2) is 4.98 Å². The summed E-state index contributed by atoms with van der Waals surface area (Å²) in [5, 5.41) is 0. The lowest BCUT2D eigenvalue weighted by Crippen LogP contribution is -2.26. The van der Waals surface area contributed by atoms with Gasteiger partial charge in [0.15, 0.2) is 0 Å². The Balaban J connectivity index is 1.66. The van der Waals surface area contributed by atoms with E-state index in [9.17, 15) is 0 Å². The van der Waals surface area contributed by atoms with Gasteiger partial charge in [0.2, 0.25) is 5.88 Å². The number of nitrogens with zero attached hydrogens (tertiary/aromatic N) is 3. The molecule has 1 atom stereocenters. The van der Waals surface area contributed by atoms with Gasteiger partial charge in [-0.05, 0) is 38.2 Å². The summed E-state index contributed by atoms with van der Waals surface area (Å²) in [5.41, 5.74) is 3.85. The Hall–Kier alpha value is -2.07. The molecule has 0 unspecified atom stereocenters. The van der Waals surface area contributed by atoms with Crippen LogP contribution in [-0.2, 0) is 6.54 Å². The molecule has 2 aromatic rings. The van der Waals surface area contributed by atoms with Gasteiger partial charge in [-0.3, -0.25) is 0 Å². The number of aryl methyl sites for hydroxylation is 1. The fourth-order valence-corrected chi connectivity index (χ4v) is 3.03. The average Bonchev–Trinajstić information content (AvgIpc) is 2.98. The van der Waals surface area contributed by atoms with E-state index in [0.717, 1.165) is 37.5 Å². The van der Waals surface area contributed by atoms with E-state index in [0.29, 0.717) is 0 Å². The summed E-state index contributed by atoms with van der Waals surface area (Å²) in [5.74, 6) is 0.726. The van der Waals surface area contributed by atoms with E-state index in [4.69, 9.17) is 4.74 Å². The molecule has 3 rings (SSSR count). The summed E-state index contributed by atoms with van der Waals surface area (Å²) in [7, 11) is 4.21. The molecule has 0 aliphatic carbocycles.